The number of carbonyl (C=O) groups excluding carboxylic acids is 1. The summed E-state index contributed by atoms with van der Waals surface area (Å²) in [6.45, 7) is 5.16. The van der Waals surface area contributed by atoms with E-state index in [1.54, 1.807) is 0 Å². The fraction of sp³-hybridized carbons (Fsp3) is 0.952. The summed E-state index contributed by atoms with van der Waals surface area (Å²) in [5.74, 6) is 3.36. The first-order valence-corrected chi connectivity index (χ1v) is 10.8. The predicted molar refractivity (Wildman–Crippen MR) is 96.9 cm³/mol. The third kappa shape index (κ3) is 2.63. The highest BCUT2D eigenvalue weighted by Crippen LogP contribution is 2.66. The molecule has 4 rings (SSSR count). The molecule has 4 fully saturated rings. The molecule has 0 aromatic rings. The van der Waals surface area contributed by atoms with E-state index in [-0.39, 0.29) is 18.0 Å². The standard InChI is InChI=1S/C21H33ClO2/c1-20-9-3-4-17(20)16-6-5-14-12-15(24-19(23)13-22)7-11-21(14,2)18(16)8-10-20/h14-18H,3-13H2,1-2H3/t14-,15+,16-,17-,18-,20-,21-/m0/s1. The summed E-state index contributed by atoms with van der Waals surface area (Å²) in [6.07, 6.45) is 13.5. The average molecular weight is 353 g/mol. The van der Waals surface area contributed by atoms with Gasteiger partial charge in [0, 0.05) is 0 Å². The van der Waals surface area contributed by atoms with Gasteiger partial charge in [0.1, 0.15) is 12.0 Å². The zero-order valence-corrected chi connectivity index (χ0v) is 16.1. The van der Waals surface area contributed by atoms with Crippen LogP contribution in [-0.4, -0.2) is 18.0 Å². The van der Waals surface area contributed by atoms with Crippen LogP contribution >= 0.6 is 11.6 Å². The van der Waals surface area contributed by atoms with Crippen molar-refractivity contribution >= 4 is 17.6 Å². The van der Waals surface area contributed by atoms with Crippen molar-refractivity contribution in [2.45, 2.75) is 84.2 Å². The van der Waals surface area contributed by atoms with Crippen LogP contribution in [0.3, 0.4) is 0 Å². The molecule has 0 bridgehead atoms. The summed E-state index contributed by atoms with van der Waals surface area (Å²) in [4.78, 5) is 11.6. The molecule has 0 spiro atoms. The predicted octanol–water partition coefficient (Wildman–Crippen LogP) is 5.57. The van der Waals surface area contributed by atoms with Gasteiger partial charge in [0.25, 0.3) is 0 Å². The van der Waals surface area contributed by atoms with Crippen LogP contribution in [0, 0.1) is 34.5 Å². The van der Waals surface area contributed by atoms with Crippen LogP contribution in [0.25, 0.3) is 0 Å². The number of alkyl halides is 1. The number of halogens is 1. The largest absolute Gasteiger partial charge is 0.461 e. The van der Waals surface area contributed by atoms with E-state index < -0.39 is 0 Å². The van der Waals surface area contributed by atoms with Crippen LogP contribution in [-0.2, 0) is 9.53 Å². The van der Waals surface area contributed by atoms with E-state index in [0.717, 1.165) is 36.5 Å². The third-order valence-corrected chi connectivity index (χ3v) is 9.02. The normalized spacial score (nSPS) is 50.5. The zero-order chi connectivity index (χ0) is 16.9. The lowest BCUT2D eigenvalue weighted by atomic mass is 9.45. The fourth-order valence-corrected chi connectivity index (χ4v) is 7.60. The van der Waals surface area contributed by atoms with E-state index in [4.69, 9.17) is 16.3 Å². The molecule has 0 amide bonds. The van der Waals surface area contributed by atoms with Gasteiger partial charge in [-0.2, -0.15) is 0 Å². The summed E-state index contributed by atoms with van der Waals surface area (Å²) in [5, 5.41) is 0. The number of esters is 1. The highest BCUT2D eigenvalue weighted by Gasteiger charge is 2.58. The minimum Gasteiger partial charge on any atom is -0.461 e. The van der Waals surface area contributed by atoms with E-state index in [1.807, 2.05) is 0 Å². The molecule has 0 aromatic heterocycles. The number of hydrogen-bond donors (Lipinski definition) is 0. The van der Waals surface area contributed by atoms with Gasteiger partial charge < -0.3 is 4.74 Å². The second-order valence-electron chi connectivity index (χ2n) is 9.76. The summed E-state index contributed by atoms with van der Waals surface area (Å²) in [5.41, 5.74) is 1.13. The van der Waals surface area contributed by atoms with Crippen LogP contribution in [0.1, 0.15) is 78.1 Å². The van der Waals surface area contributed by atoms with Crippen LogP contribution in [0.15, 0.2) is 0 Å². The van der Waals surface area contributed by atoms with Crippen molar-refractivity contribution < 1.29 is 9.53 Å². The van der Waals surface area contributed by atoms with Gasteiger partial charge in [0.05, 0.1) is 0 Å². The molecule has 0 N–H and O–H groups in total. The summed E-state index contributed by atoms with van der Waals surface area (Å²) >= 11 is 5.62. The van der Waals surface area contributed by atoms with Crippen LogP contribution in [0.2, 0.25) is 0 Å². The zero-order valence-electron chi connectivity index (χ0n) is 15.4. The Kier molecular flexibility index (Phi) is 4.43. The number of fused-ring (bicyclic) bond motifs is 5. The number of hydrogen-bond acceptors (Lipinski definition) is 2. The maximum atomic E-state index is 11.6. The summed E-state index contributed by atoms with van der Waals surface area (Å²) in [6, 6.07) is 0. The molecule has 24 heavy (non-hydrogen) atoms. The number of rotatable bonds is 2. The molecule has 2 nitrogen and oxygen atoms in total. The quantitative estimate of drug-likeness (QED) is 0.479. The molecule has 0 aliphatic heterocycles. The molecular formula is C21H33ClO2. The van der Waals surface area contributed by atoms with E-state index in [9.17, 15) is 4.79 Å². The third-order valence-electron chi connectivity index (χ3n) is 8.81. The maximum absolute atomic E-state index is 11.6. The van der Waals surface area contributed by atoms with Crippen molar-refractivity contribution in [2.24, 2.45) is 34.5 Å². The molecule has 0 heterocycles. The van der Waals surface area contributed by atoms with E-state index in [0.29, 0.717) is 10.8 Å². The highest BCUT2D eigenvalue weighted by atomic mass is 35.5. The first-order valence-electron chi connectivity index (χ1n) is 10.2. The molecule has 0 unspecified atom stereocenters. The van der Waals surface area contributed by atoms with E-state index in [1.165, 1.54) is 51.4 Å². The summed E-state index contributed by atoms with van der Waals surface area (Å²) < 4.78 is 5.59. The lowest BCUT2D eigenvalue weighted by Gasteiger charge is -2.60. The van der Waals surface area contributed by atoms with Crippen molar-refractivity contribution in [3.63, 3.8) is 0 Å². The SMILES string of the molecule is C[C@@]12CCC[C@H]1[C@@H]1CC[C@H]3C[C@H](OC(=O)CCl)CC[C@]3(C)[C@H]1CC2. The van der Waals surface area contributed by atoms with Gasteiger partial charge in [-0.1, -0.05) is 20.3 Å². The Labute approximate surface area is 152 Å². The van der Waals surface area contributed by atoms with Gasteiger partial charge in [-0.25, -0.2) is 0 Å². The smallest absolute Gasteiger partial charge is 0.321 e. The van der Waals surface area contributed by atoms with Gasteiger partial charge in [-0.05, 0) is 92.3 Å². The second-order valence-corrected chi connectivity index (χ2v) is 10.0. The first kappa shape index (κ1) is 17.2. The van der Waals surface area contributed by atoms with Crippen molar-refractivity contribution in [1.82, 2.24) is 0 Å². The van der Waals surface area contributed by atoms with Gasteiger partial charge in [-0.3, -0.25) is 4.79 Å². The van der Waals surface area contributed by atoms with E-state index >= 15 is 0 Å². The molecule has 4 aliphatic carbocycles. The molecule has 4 saturated carbocycles. The Balaban J connectivity index is 1.49. The van der Waals surface area contributed by atoms with Gasteiger partial charge in [0.2, 0.25) is 0 Å². The molecule has 7 atom stereocenters. The fourth-order valence-electron chi connectivity index (χ4n) is 7.54. The Bertz CT molecular complexity index is 506. The number of carbonyl (C=O) groups is 1. The minimum atomic E-state index is -0.238. The topological polar surface area (TPSA) is 26.3 Å². The highest BCUT2D eigenvalue weighted by molar-refractivity contribution is 6.26. The molecule has 0 aromatic carbocycles. The minimum absolute atomic E-state index is 0.0105. The Hall–Kier alpha value is -0.240. The Morgan fingerprint density at radius 3 is 2.67 bits per heavy atom. The molecule has 0 radical (unpaired) electrons. The van der Waals surface area contributed by atoms with Crippen molar-refractivity contribution in [3.8, 4) is 0 Å². The van der Waals surface area contributed by atoms with Gasteiger partial charge >= 0.3 is 5.97 Å². The maximum Gasteiger partial charge on any atom is 0.321 e. The first-order chi connectivity index (χ1) is 11.5. The Morgan fingerprint density at radius 2 is 1.88 bits per heavy atom. The molecule has 4 aliphatic rings. The molecular weight excluding hydrogens is 320 g/mol. The average Bonchev–Trinajstić information content (AvgIpc) is 2.97. The van der Waals surface area contributed by atoms with Crippen LogP contribution < -0.4 is 0 Å². The lowest BCUT2D eigenvalue weighted by molar-refractivity contribution is -0.158. The van der Waals surface area contributed by atoms with Crippen molar-refractivity contribution in [3.05, 3.63) is 0 Å². The van der Waals surface area contributed by atoms with Crippen LogP contribution in [0.5, 0.6) is 0 Å². The monoisotopic (exact) mass is 352 g/mol. The van der Waals surface area contributed by atoms with Crippen molar-refractivity contribution in [1.29, 1.82) is 0 Å². The summed E-state index contributed by atoms with van der Waals surface area (Å²) in [7, 11) is 0. The molecule has 0 saturated heterocycles. The Morgan fingerprint density at radius 1 is 1.04 bits per heavy atom. The molecule has 136 valence electrons. The number of ether oxygens (including phenoxy) is 1. The molecule has 3 heteroatoms. The van der Waals surface area contributed by atoms with Gasteiger partial charge in [-0.15, -0.1) is 11.6 Å². The van der Waals surface area contributed by atoms with Crippen LogP contribution in [0.4, 0.5) is 0 Å². The van der Waals surface area contributed by atoms with E-state index in [2.05, 4.69) is 13.8 Å². The van der Waals surface area contributed by atoms with Crippen molar-refractivity contribution in [2.75, 3.05) is 5.88 Å². The van der Waals surface area contributed by atoms with Gasteiger partial charge in [0.15, 0.2) is 0 Å². The second kappa shape index (κ2) is 6.18. The lowest BCUT2D eigenvalue weighted by Crippen LogP contribution is -2.53.